The van der Waals surface area contributed by atoms with E-state index in [0.29, 0.717) is 19.0 Å². The lowest BCUT2D eigenvalue weighted by atomic mass is 10.0. The molecule has 6 nitrogen and oxygen atoms in total. The molecule has 1 heterocycles. The standard InChI is InChI=1S/C20H32N4O2/c1-16(2)18-7-5-17(6-8-18)13-22(4)15-20(26)24-11-9-23(10-12-24)14-19(25)21-3/h5-8,16H,9-15H2,1-4H3,(H,21,25)/p+2. The van der Waals surface area contributed by atoms with Crippen molar-refractivity contribution in [1.29, 1.82) is 0 Å². The van der Waals surface area contributed by atoms with Crippen molar-refractivity contribution in [2.24, 2.45) is 0 Å². The van der Waals surface area contributed by atoms with Crippen LogP contribution in [0.1, 0.15) is 30.9 Å². The lowest BCUT2D eigenvalue weighted by molar-refractivity contribution is -0.897. The molecule has 0 aliphatic carbocycles. The molecule has 0 bridgehead atoms. The number of nitrogens with one attached hydrogen (secondary N) is 3. The number of quaternary nitrogens is 2. The molecule has 26 heavy (non-hydrogen) atoms. The van der Waals surface area contributed by atoms with E-state index in [4.69, 9.17) is 0 Å². The second kappa shape index (κ2) is 9.69. The van der Waals surface area contributed by atoms with Gasteiger partial charge in [-0.2, -0.15) is 0 Å². The first kappa shape index (κ1) is 20.4. The molecule has 6 heteroatoms. The highest BCUT2D eigenvalue weighted by molar-refractivity contribution is 5.77. The van der Waals surface area contributed by atoms with E-state index in [1.165, 1.54) is 20.9 Å². The number of rotatable bonds is 7. The van der Waals surface area contributed by atoms with E-state index < -0.39 is 0 Å². The molecule has 0 spiro atoms. The molecule has 144 valence electrons. The Morgan fingerprint density at radius 1 is 1.19 bits per heavy atom. The van der Waals surface area contributed by atoms with Gasteiger partial charge in [-0.15, -0.1) is 0 Å². The van der Waals surface area contributed by atoms with Crippen molar-refractivity contribution in [3.05, 3.63) is 35.4 Å². The molecule has 0 radical (unpaired) electrons. The number of nitrogens with zero attached hydrogens (tertiary/aromatic N) is 1. The third-order valence-electron chi connectivity index (χ3n) is 5.12. The molecule has 0 aromatic heterocycles. The predicted octanol–water partition coefficient (Wildman–Crippen LogP) is -1.70. The zero-order valence-corrected chi connectivity index (χ0v) is 16.6. The quantitative estimate of drug-likeness (QED) is 0.542. The number of piperazine rings is 1. The molecule has 1 aliphatic rings. The van der Waals surface area contributed by atoms with Gasteiger partial charge in [-0.25, -0.2) is 0 Å². The molecule has 1 saturated heterocycles. The zero-order valence-electron chi connectivity index (χ0n) is 16.6. The minimum absolute atomic E-state index is 0.0624. The average Bonchev–Trinajstić information content (AvgIpc) is 2.62. The summed E-state index contributed by atoms with van der Waals surface area (Å²) < 4.78 is 0. The molecular formula is C20H34N4O2+2. The molecule has 1 unspecified atom stereocenters. The molecule has 2 rings (SSSR count). The monoisotopic (exact) mass is 362 g/mol. The van der Waals surface area contributed by atoms with Crippen LogP contribution >= 0.6 is 0 Å². The molecule has 3 N–H and O–H groups in total. The maximum Gasteiger partial charge on any atom is 0.278 e. The number of likely N-dealkylation sites (N-methyl/N-ethyl adjacent to an activating group) is 2. The molecule has 1 fully saturated rings. The minimum Gasteiger partial charge on any atom is -0.354 e. The summed E-state index contributed by atoms with van der Waals surface area (Å²) >= 11 is 0. The van der Waals surface area contributed by atoms with E-state index in [9.17, 15) is 9.59 Å². The number of hydrogen-bond donors (Lipinski definition) is 3. The van der Waals surface area contributed by atoms with Gasteiger partial charge >= 0.3 is 0 Å². The Morgan fingerprint density at radius 3 is 2.35 bits per heavy atom. The number of carbonyl (C=O) groups excluding carboxylic acids is 2. The van der Waals surface area contributed by atoms with Gasteiger partial charge in [0.25, 0.3) is 11.8 Å². The van der Waals surface area contributed by atoms with E-state index in [0.717, 1.165) is 32.7 Å². The van der Waals surface area contributed by atoms with Gasteiger partial charge in [0.15, 0.2) is 13.1 Å². The van der Waals surface area contributed by atoms with Crippen LogP contribution in [0.2, 0.25) is 0 Å². The number of carbonyl (C=O) groups is 2. The second-order valence-corrected chi connectivity index (χ2v) is 7.69. The van der Waals surface area contributed by atoms with Crippen molar-refractivity contribution in [3.63, 3.8) is 0 Å². The van der Waals surface area contributed by atoms with Gasteiger partial charge in [-0.3, -0.25) is 9.59 Å². The second-order valence-electron chi connectivity index (χ2n) is 7.69. The zero-order chi connectivity index (χ0) is 19.1. The largest absolute Gasteiger partial charge is 0.354 e. The van der Waals surface area contributed by atoms with Crippen LogP contribution in [-0.4, -0.2) is 70.1 Å². The summed E-state index contributed by atoms with van der Waals surface area (Å²) in [5.74, 6) is 0.813. The van der Waals surface area contributed by atoms with Crippen molar-refractivity contribution < 1.29 is 19.4 Å². The average molecular weight is 363 g/mol. The summed E-state index contributed by atoms with van der Waals surface area (Å²) in [4.78, 5) is 28.4. The molecule has 1 atom stereocenters. The van der Waals surface area contributed by atoms with Gasteiger partial charge < -0.3 is 20.0 Å². The van der Waals surface area contributed by atoms with Crippen molar-refractivity contribution in [2.45, 2.75) is 26.3 Å². The highest BCUT2D eigenvalue weighted by Crippen LogP contribution is 2.14. The summed E-state index contributed by atoms with van der Waals surface area (Å²) in [6.07, 6.45) is 0. The fraction of sp³-hybridized carbons (Fsp3) is 0.600. The lowest BCUT2D eigenvalue weighted by Crippen LogP contribution is -3.16. The minimum atomic E-state index is 0.0624. The van der Waals surface area contributed by atoms with Crippen LogP contribution in [0, 0.1) is 0 Å². The Morgan fingerprint density at radius 2 is 1.81 bits per heavy atom. The van der Waals surface area contributed by atoms with Crippen LogP contribution < -0.4 is 15.1 Å². The first-order valence-electron chi connectivity index (χ1n) is 9.61. The number of benzene rings is 1. The van der Waals surface area contributed by atoms with E-state index in [2.05, 4.69) is 50.5 Å². The Hall–Kier alpha value is -1.92. The Kier molecular flexibility index (Phi) is 7.60. The van der Waals surface area contributed by atoms with Crippen LogP contribution in [0.5, 0.6) is 0 Å². The Balaban J connectivity index is 1.76. The van der Waals surface area contributed by atoms with E-state index >= 15 is 0 Å². The molecule has 2 amide bonds. The highest BCUT2D eigenvalue weighted by atomic mass is 16.2. The summed E-state index contributed by atoms with van der Waals surface area (Å²) in [5.41, 5.74) is 2.61. The smallest absolute Gasteiger partial charge is 0.278 e. The molecular weight excluding hydrogens is 328 g/mol. The third-order valence-corrected chi connectivity index (χ3v) is 5.12. The fourth-order valence-corrected chi connectivity index (χ4v) is 3.37. The van der Waals surface area contributed by atoms with Crippen LogP contribution in [0.3, 0.4) is 0 Å². The first-order chi connectivity index (χ1) is 12.4. The van der Waals surface area contributed by atoms with Crippen molar-refractivity contribution in [1.82, 2.24) is 10.2 Å². The number of hydrogen-bond acceptors (Lipinski definition) is 2. The van der Waals surface area contributed by atoms with Gasteiger partial charge in [0, 0.05) is 12.6 Å². The number of amides is 2. The van der Waals surface area contributed by atoms with Gasteiger partial charge in [0.2, 0.25) is 0 Å². The lowest BCUT2D eigenvalue weighted by Gasteiger charge is -2.32. The van der Waals surface area contributed by atoms with Crippen LogP contribution in [0.15, 0.2) is 24.3 Å². The SMILES string of the molecule is CNC(=O)C[NH+]1CCN(C(=O)C[NH+](C)Cc2ccc(C(C)C)cc2)CC1. The predicted molar refractivity (Wildman–Crippen MR) is 102 cm³/mol. The van der Waals surface area contributed by atoms with Gasteiger partial charge in [0.05, 0.1) is 33.2 Å². The normalized spacial score (nSPS) is 16.6. The maximum absolute atomic E-state index is 12.5. The first-order valence-corrected chi connectivity index (χ1v) is 9.61. The summed E-state index contributed by atoms with van der Waals surface area (Å²) in [5, 5.41) is 2.66. The van der Waals surface area contributed by atoms with Crippen molar-refractivity contribution in [2.75, 3.05) is 53.4 Å². The summed E-state index contributed by atoms with van der Waals surface area (Å²) in [6.45, 7) is 9.41. The molecule has 1 aromatic rings. The topological polar surface area (TPSA) is 58.3 Å². The van der Waals surface area contributed by atoms with Crippen LogP contribution in [0.25, 0.3) is 0 Å². The summed E-state index contributed by atoms with van der Waals surface area (Å²) in [7, 11) is 3.73. The highest BCUT2D eigenvalue weighted by Gasteiger charge is 2.26. The van der Waals surface area contributed by atoms with E-state index in [1.54, 1.807) is 7.05 Å². The van der Waals surface area contributed by atoms with Crippen molar-refractivity contribution in [3.8, 4) is 0 Å². The van der Waals surface area contributed by atoms with Gasteiger partial charge in [0.1, 0.15) is 6.54 Å². The van der Waals surface area contributed by atoms with E-state index in [1.807, 2.05) is 4.90 Å². The summed E-state index contributed by atoms with van der Waals surface area (Å²) in [6, 6.07) is 8.71. The van der Waals surface area contributed by atoms with E-state index in [-0.39, 0.29) is 11.8 Å². The molecule has 1 aliphatic heterocycles. The third kappa shape index (κ3) is 6.11. The Labute approximate surface area is 157 Å². The maximum atomic E-state index is 12.5. The van der Waals surface area contributed by atoms with Crippen molar-refractivity contribution >= 4 is 11.8 Å². The molecule has 0 saturated carbocycles. The van der Waals surface area contributed by atoms with Gasteiger partial charge in [-0.05, 0) is 11.5 Å². The van der Waals surface area contributed by atoms with Gasteiger partial charge in [-0.1, -0.05) is 38.1 Å². The Bertz CT molecular complexity index is 592. The van der Waals surface area contributed by atoms with Crippen LogP contribution in [-0.2, 0) is 16.1 Å². The fourth-order valence-electron chi connectivity index (χ4n) is 3.37. The molecule has 1 aromatic carbocycles. The van der Waals surface area contributed by atoms with Crippen LogP contribution in [0.4, 0.5) is 0 Å².